The van der Waals surface area contributed by atoms with Crippen molar-refractivity contribution in [3.05, 3.63) is 170 Å². The summed E-state index contributed by atoms with van der Waals surface area (Å²) in [4.78, 5) is 2.42. The summed E-state index contributed by atoms with van der Waals surface area (Å²) in [5, 5.41) is 9.73. The second-order valence-electron chi connectivity index (χ2n) is 12.9. The van der Waals surface area contributed by atoms with E-state index in [0.29, 0.717) is 0 Å². The number of hydrogen-bond acceptors (Lipinski definition) is 3. The summed E-state index contributed by atoms with van der Waals surface area (Å²) >= 11 is 1.87. The van der Waals surface area contributed by atoms with E-state index in [4.69, 9.17) is 4.42 Å². The number of thiophene rings is 1. The highest BCUT2D eigenvalue weighted by atomic mass is 32.1. The number of furan rings is 1. The van der Waals surface area contributed by atoms with Crippen molar-refractivity contribution in [1.29, 1.82) is 0 Å². The van der Waals surface area contributed by atoms with E-state index in [1.165, 1.54) is 52.8 Å². The van der Waals surface area contributed by atoms with E-state index in [1.807, 2.05) is 17.4 Å². The molecule has 4 heteroatoms. The summed E-state index contributed by atoms with van der Waals surface area (Å²) in [6.45, 7) is 0. The summed E-state index contributed by atoms with van der Waals surface area (Å²) in [5.74, 6) is 0. The van der Waals surface area contributed by atoms with Crippen molar-refractivity contribution in [1.82, 2.24) is 4.57 Å². The van der Waals surface area contributed by atoms with Gasteiger partial charge < -0.3 is 13.9 Å². The molecular formula is C46H28N2OS. The van der Waals surface area contributed by atoms with Crippen LogP contribution in [0.25, 0.3) is 80.4 Å². The number of para-hydroxylation sites is 4. The molecule has 0 spiro atoms. The fourth-order valence-corrected chi connectivity index (χ4v) is 9.25. The molecule has 0 aliphatic carbocycles. The Morgan fingerprint density at radius 3 is 2.12 bits per heavy atom. The van der Waals surface area contributed by atoms with Crippen LogP contribution in [0.5, 0.6) is 0 Å². The van der Waals surface area contributed by atoms with E-state index in [9.17, 15) is 0 Å². The van der Waals surface area contributed by atoms with Crippen molar-refractivity contribution >= 4 is 103 Å². The zero-order valence-corrected chi connectivity index (χ0v) is 27.7. The maximum atomic E-state index is 6.72. The Balaban J connectivity index is 1.25. The molecule has 8 aromatic carbocycles. The molecule has 0 atom stereocenters. The Labute approximate surface area is 291 Å². The first-order valence-electron chi connectivity index (χ1n) is 16.9. The number of hydrogen-bond donors (Lipinski definition) is 0. The zero-order chi connectivity index (χ0) is 32.8. The van der Waals surface area contributed by atoms with Gasteiger partial charge in [0.2, 0.25) is 0 Å². The molecule has 0 saturated heterocycles. The molecule has 3 nitrogen and oxygen atoms in total. The van der Waals surface area contributed by atoms with Crippen molar-refractivity contribution in [2.75, 3.05) is 4.90 Å². The van der Waals surface area contributed by atoms with Crippen LogP contribution >= 0.6 is 11.3 Å². The third kappa shape index (κ3) is 3.91. The van der Waals surface area contributed by atoms with Gasteiger partial charge in [0.05, 0.1) is 22.4 Å². The molecule has 50 heavy (non-hydrogen) atoms. The van der Waals surface area contributed by atoms with Gasteiger partial charge in [0.1, 0.15) is 5.58 Å². The van der Waals surface area contributed by atoms with E-state index in [1.54, 1.807) is 0 Å². The van der Waals surface area contributed by atoms with E-state index >= 15 is 0 Å². The number of fused-ring (bicyclic) bond motifs is 11. The second kappa shape index (κ2) is 10.6. The van der Waals surface area contributed by atoms with Crippen molar-refractivity contribution in [2.24, 2.45) is 0 Å². The fraction of sp³-hybridized carbons (Fsp3) is 0. The molecule has 0 fully saturated rings. The molecule has 0 unspecified atom stereocenters. The van der Waals surface area contributed by atoms with Gasteiger partial charge in [-0.05, 0) is 71.4 Å². The molecule has 0 saturated carbocycles. The predicted molar refractivity (Wildman–Crippen MR) is 213 cm³/mol. The van der Waals surface area contributed by atoms with Gasteiger partial charge >= 0.3 is 0 Å². The molecule has 3 aromatic heterocycles. The average molecular weight is 657 g/mol. The minimum absolute atomic E-state index is 0.877. The Bertz CT molecular complexity index is 3110. The molecule has 3 heterocycles. The topological polar surface area (TPSA) is 21.3 Å². The van der Waals surface area contributed by atoms with Crippen LogP contribution in [0.15, 0.2) is 174 Å². The number of nitrogens with zero attached hydrogens (tertiary/aromatic N) is 2. The molecule has 0 bridgehead atoms. The van der Waals surface area contributed by atoms with Crippen LogP contribution in [0.1, 0.15) is 0 Å². The molecule has 0 radical (unpaired) electrons. The van der Waals surface area contributed by atoms with Crippen molar-refractivity contribution < 1.29 is 4.42 Å². The molecule has 0 aliphatic rings. The smallest absolute Gasteiger partial charge is 0.159 e. The highest BCUT2D eigenvalue weighted by Gasteiger charge is 2.24. The number of aromatic nitrogens is 1. The SMILES string of the molecule is c1ccc(-n2c3ccccc3c3cc(N(c4cccc5c4oc4ccccc45)c4cccc5sc6c7ccccc7ccc6c45)ccc32)cc1. The quantitative estimate of drug-likeness (QED) is 0.188. The molecule has 11 aromatic rings. The lowest BCUT2D eigenvalue weighted by Gasteiger charge is -2.26. The lowest BCUT2D eigenvalue weighted by atomic mass is 10.0. The lowest BCUT2D eigenvalue weighted by molar-refractivity contribution is 0.669. The van der Waals surface area contributed by atoms with Crippen LogP contribution in [0, 0.1) is 0 Å². The van der Waals surface area contributed by atoms with Crippen LogP contribution in [0.2, 0.25) is 0 Å². The van der Waals surface area contributed by atoms with E-state index in [-0.39, 0.29) is 0 Å². The maximum absolute atomic E-state index is 6.72. The maximum Gasteiger partial charge on any atom is 0.159 e. The number of anilines is 3. The normalized spacial score (nSPS) is 12.0. The largest absolute Gasteiger partial charge is 0.454 e. The fourth-order valence-electron chi connectivity index (χ4n) is 7.99. The molecule has 0 N–H and O–H groups in total. The van der Waals surface area contributed by atoms with Gasteiger partial charge in [0, 0.05) is 53.1 Å². The van der Waals surface area contributed by atoms with Gasteiger partial charge in [0.25, 0.3) is 0 Å². The first kappa shape index (κ1) is 27.6. The van der Waals surface area contributed by atoms with E-state index in [0.717, 1.165) is 44.7 Å². The summed E-state index contributed by atoms with van der Waals surface area (Å²) in [7, 11) is 0. The van der Waals surface area contributed by atoms with Gasteiger partial charge in [-0.1, -0.05) is 109 Å². The third-order valence-corrected chi connectivity index (χ3v) is 11.4. The Hall–Kier alpha value is -6.36. The minimum Gasteiger partial charge on any atom is -0.454 e. The molecule has 0 aliphatic heterocycles. The zero-order valence-electron chi connectivity index (χ0n) is 26.9. The highest BCUT2D eigenvalue weighted by molar-refractivity contribution is 7.26. The van der Waals surface area contributed by atoms with Crippen LogP contribution in [0.3, 0.4) is 0 Å². The lowest BCUT2D eigenvalue weighted by Crippen LogP contribution is -2.10. The summed E-state index contributed by atoms with van der Waals surface area (Å²) in [6.07, 6.45) is 0. The average Bonchev–Trinajstić information content (AvgIpc) is 3.86. The molecule has 0 amide bonds. The Kier molecular flexibility index (Phi) is 5.83. The highest BCUT2D eigenvalue weighted by Crippen LogP contribution is 2.49. The second-order valence-corrected chi connectivity index (χ2v) is 13.9. The summed E-state index contributed by atoms with van der Waals surface area (Å²) in [5.41, 5.74) is 8.50. The summed E-state index contributed by atoms with van der Waals surface area (Å²) < 4.78 is 11.7. The van der Waals surface area contributed by atoms with Crippen molar-refractivity contribution in [3.8, 4) is 5.69 Å². The Morgan fingerprint density at radius 1 is 0.480 bits per heavy atom. The minimum atomic E-state index is 0.877. The van der Waals surface area contributed by atoms with Crippen LogP contribution in [0.4, 0.5) is 17.1 Å². The Morgan fingerprint density at radius 2 is 1.20 bits per heavy atom. The van der Waals surface area contributed by atoms with E-state index in [2.05, 4.69) is 173 Å². The number of rotatable bonds is 4. The first-order chi connectivity index (χ1) is 24.8. The summed E-state index contributed by atoms with van der Waals surface area (Å²) in [6, 6.07) is 61.1. The van der Waals surface area contributed by atoms with Gasteiger partial charge in [-0.3, -0.25) is 0 Å². The monoisotopic (exact) mass is 656 g/mol. The van der Waals surface area contributed by atoms with Crippen molar-refractivity contribution in [3.63, 3.8) is 0 Å². The van der Waals surface area contributed by atoms with Crippen molar-refractivity contribution in [2.45, 2.75) is 0 Å². The van der Waals surface area contributed by atoms with Gasteiger partial charge in [-0.25, -0.2) is 0 Å². The molecule has 234 valence electrons. The van der Waals surface area contributed by atoms with E-state index < -0.39 is 0 Å². The van der Waals surface area contributed by atoms with Gasteiger partial charge in [-0.15, -0.1) is 11.3 Å². The first-order valence-corrected chi connectivity index (χ1v) is 17.8. The van der Waals surface area contributed by atoms with Crippen LogP contribution < -0.4 is 4.90 Å². The predicted octanol–water partition coefficient (Wildman–Crippen LogP) is 13.7. The number of benzene rings is 8. The molecular weight excluding hydrogens is 629 g/mol. The van der Waals surface area contributed by atoms with Crippen LogP contribution in [-0.2, 0) is 0 Å². The third-order valence-electron chi connectivity index (χ3n) is 10.2. The van der Waals surface area contributed by atoms with Gasteiger partial charge in [0.15, 0.2) is 5.58 Å². The van der Waals surface area contributed by atoms with Crippen LogP contribution in [-0.4, -0.2) is 4.57 Å². The molecule has 11 rings (SSSR count). The standard InChI is InChI=1S/C46H28N2OS/c1-2-13-30(14-3-1)47-38-19-8-6-16-33(38)37-28-31(25-27-39(37)47)48(41-21-10-18-35-34-17-7-9-22-42(34)49-45(35)41)40-20-11-23-43-44(40)36-26-24-29-12-4-5-15-32(29)46(36)50-43/h1-28H. The van der Waals surface area contributed by atoms with Gasteiger partial charge in [-0.2, -0.15) is 0 Å².